The van der Waals surface area contributed by atoms with Crippen molar-refractivity contribution in [2.75, 3.05) is 6.54 Å². The lowest BCUT2D eigenvalue weighted by molar-refractivity contribution is 0.182. The molecule has 0 spiro atoms. The second kappa shape index (κ2) is 6.04. The standard InChI is InChI=1S/C16H21N3S/c1-12-2-3-14(9-18-12)16(8-17)19(15-4-5-15)10-13-6-7-20-11-13/h2-3,6-7,9,11,15-16H,4-5,8,10,17H2,1H3. The van der Waals surface area contributed by atoms with Crippen molar-refractivity contribution in [2.24, 2.45) is 5.73 Å². The average molecular weight is 287 g/mol. The lowest BCUT2D eigenvalue weighted by Crippen LogP contribution is -2.35. The van der Waals surface area contributed by atoms with Gasteiger partial charge in [0.15, 0.2) is 0 Å². The van der Waals surface area contributed by atoms with Crippen molar-refractivity contribution in [2.45, 2.75) is 38.4 Å². The molecule has 20 heavy (non-hydrogen) atoms. The average Bonchev–Trinajstić information content (AvgIpc) is 3.18. The van der Waals surface area contributed by atoms with Crippen LogP contribution in [0.2, 0.25) is 0 Å². The molecule has 2 N–H and O–H groups in total. The van der Waals surface area contributed by atoms with Gasteiger partial charge in [-0.3, -0.25) is 9.88 Å². The normalized spacial score (nSPS) is 16.6. The zero-order valence-corrected chi connectivity index (χ0v) is 12.6. The first-order chi connectivity index (χ1) is 9.78. The SMILES string of the molecule is Cc1ccc(C(CN)N(Cc2ccsc2)C2CC2)cn1. The Hall–Kier alpha value is -1.23. The lowest BCUT2D eigenvalue weighted by atomic mass is 10.1. The molecule has 1 aliphatic rings. The minimum Gasteiger partial charge on any atom is -0.329 e. The molecule has 106 valence electrons. The molecule has 0 saturated heterocycles. The van der Waals surface area contributed by atoms with Crippen LogP contribution in [0.4, 0.5) is 0 Å². The second-order valence-electron chi connectivity index (χ2n) is 5.52. The third-order valence-electron chi connectivity index (χ3n) is 3.90. The minimum absolute atomic E-state index is 0.274. The maximum atomic E-state index is 6.07. The summed E-state index contributed by atoms with van der Waals surface area (Å²) >= 11 is 1.76. The molecule has 2 aromatic heterocycles. The number of rotatable bonds is 6. The maximum absolute atomic E-state index is 6.07. The van der Waals surface area contributed by atoms with Crippen molar-refractivity contribution in [3.8, 4) is 0 Å². The maximum Gasteiger partial charge on any atom is 0.0492 e. The Bertz CT molecular complexity index is 531. The molecule has 1 unspecified atom stereocenters. The van der Waals surface area contributed by atoms with Gasteiger partial charge in [-0.25, -0.2) is 0 Å². The minimum atomic E-state index is 0.274. The topological polar surface area (TPSA) is 42.1 Å². The Labute approximate surface area is 124 Å². The smallest absolute Gasteiger partial charge is 0.0492 e. The lowest BCUT2D eigenvalue weighted by Gasteiger charge is -2.31. The van der Waals surface area contributed by atoms with Crippen molar-refractivity contribution in [3.05, 3.63) is 52.0 Å². The van der Waals surface area contributed by atoms with E-state index in [1.807, 2.05) is 13.1 Å². The van der Waals surface area contributed by atoms with E-state index in [9.17, 15) is 0 Å². The van der Waals surface area contributed by atoms with Crippen molar-refractivity contribution < 1.29 is 0 Å². The van der Waals surface area contributed by atoms with E-state index in [1.54, 1.807) is 11.3 Å². The van der Waals surface area contributed by atoms with E-state index in [2.05, 4.69) is 38.8 Å². The summed E-state index contributed by atoms with van der Waals surface area (Å²) in [5.41, 5.74) is 9.75. The highest BCUT2D eigenvalue weighted by molar-refractivity contribution is 7.07. The Kier molecular flexibility index (Phi) is 4.15. The molecule has 1 saturated carbocycles. The molecule has 2 heterocycles. The third-order valence-corrected chi connectivity index (χ3v) is 4.64. The summed E-state index contributed by atoms with van der Waals surface area (Å²) in [6.45, 7) is 3.65. The van der Waals surface area contributed by atoms with Gasteiger partial charge in [0.05, 0.1) is 0 Å². The fraction of sp³-hybridized carbons (Fsp3) is 0.438. The van der Waals surface area contributed by atoms with Gasteiger partial charge in [-0.05, 0) is 53.8 Å². The highest BCUT2D eigenvalue weighted by Gasteiger charge is 2.34. The van der Waals surface area contributed by atoms with E-state index in [-0.39, 0.29) is 6.04 Å². The van der Waals surface area contributed by atoms with Crippen LogP contribution in [-0.4, -0.2) is 22.5 Å². The van der Waals surface area contributed by atoms with Gasteiger partial charge in [-0.15, -0.1) is 0 Å². The van der Waals surface area contributed by atoms with Gasteiger partial charge in [0, 0.05) is 37.1 Å². The quantitative estimate of drug-likeness (QED) is 0.887. The summed E-state index contributed by atoms with van der Waals surface area (Å²) in [5, 5.41) is 4.38. The first kappa shape index (κ1) is 13.7. The molecule has 0 aliphatic heterocycles. The molecule has 0 amide bonds. The number of aromatic nitrogens is 1. The number of thiophene rings is 1. The van der Waals surface area contributed by atoms with Crippen LogP contribution in [0.1, 0.15) is 35.7 Å². The Morgan fingerprint density at radius 1 is 1.40 bits per heavy atom. The summed E-state index contributed by atoms with van der Waals surface area (Å²) in [6, 6.07) is 7.41. The second-order valence-corrected chi connectivity index (χ2v) is 6.30. The van der Waals surface area contributed by atoms with Crippen molar-refractivity contribution in [1.82, 2.24) is 9.88 Å². The summed E-state index contributed by atoms with van der Waals surface area (Å²) in [6.07, 6.45) is 4.57. The number of nitrogens with two attached hydrogens (primary N) is 1. The van der Waals surface area contributed by atoms with Gasteiger partial charge in [-0.1, -0.05) is 6.07 Å². The fourth-order valence-corrected chi connectivity index (χ4v) is 3.29. The van der Waals surface area contributed by atoms with Crippen LogP contribution < -0.4 is 5.73 Å². The van der Waals surface area contributed by atoms with Crippen LogP contribution in [0.25, 0.3) is 0 Å². The predicted octanol–water partition coefficient (Wildman–Crippen LogP) is 3.12. The first-order valence-corrected chi connectivity index (χ1v) is 8.11. The molecule has 1 atom stereocenters. The molecule has 3 nitrogen and oxygen atoms in total. The number of hydrogen-bond donors (Lipinski definition) is 1. The Balaban J connectivity index is 1.82. The fourth-order valence-electron chi connectivity index (χ4n) is 2.63. The molecule has 3 rings (SSSR count). The van der Waals surface area contributed by atoms with Crippen LogP contribution in [0.15, 0.2) is 35.2 Å². The highest BCUT2D eigenvalue weighted by Crippen LogP contribution is 2.35. The molecular formula is C16H21N3S. The zero-order chi connectivity index (χ0) is 13.9. The molecule has 0 aromatic carbocycles. The first-order valence-electron chi connectivity index (χ1n) is 7.17. The number of aryl methyl sites for hydroxylation is 1. The number of nitrogens with zero attached hydrogens (tertiary/aromatic N) is 2. The van der Waals surface area contributed by atoms with Crippen molar-refractivity contribution >= 4 is 11.3 Å². The van der Waals surface area contributed by atoms with E-state index in [1.165, 1.54) is 24.0 Å². The van der Waals surface area contributed by atoms with Gasteiger partial charge < -0.3 is 5.73 Å². The third kappa shape index (κ3) is 3.08. The summed E-state index contributed by atoms with van der Waals surface area (Å²) < 4.78 is 0. The highest BCUT2D eigenvalue weighted by atomic mass is 32.1. The number of pyridine rings is 1. The molecule has 1 aliphatic carbocycles. The largest absolute Gasteiger partial charge is 0.329 e. The molecule has 0 bridgehead atoms. The predicted molar refractivity (Wildman–Crippen MR) is 83.7 cm³/mol. The van der Waals surface area contributed by atoms with E-state index >= 15 is 0 Å². The molecule has 2 aromatic rings. The van der Waals surface area contributed by atoms with Gasteiger partial charge in [-0.2, -0.15) is 11.3 Å². The molecule has 1 fully saturated rings. The Morgan fingerprint density at radius 3 is 2.80 bits per heavy atom. The van der Waals surface area contributed by atoms with Crippen LogP contribution in [0.3, 0.4) is 0 Å². The van der Waals surface area contributed by atoms with Crippen LogP contribution in [-0.2, 0) is 6.54 Å². The van der Waals surface area contributed by atoms with E-state index < -0.39 is 0 Å². The summed E-state index contributed by atoms with van der Waals surface area (Å²) in [5.74, 6) is 0. The van der Waals surface area contributed by atoms with E-state index in [0.717, 1.165) is 12.2 Å². The Morgan fingerprint density at radius 2 is 2.25 bits per heavy atom. The number of hydrogen-bond acceptors (Lipinski definition) is 4. The van der Waals surface area contributed by atoms with Gasteiger partial charge in [0.25, 0.3) is 0 Å². The van der Waals surface area contributed by atoms with Gasteiger partial charge >= 0.3 is 0 Å². The van der Waals surface area contributed by atoms with Gasteiger partial charge in [0.1, 0.15) is 0 Å². The summed E-state index contributed by atoms with van der Waals surface area (Å²) in [4.78, 5) is 6.98. The molecule has 4 heteroatoms. The van der Waals surface area contributed by atoms with Crippen molar-refractivity contribution in [1.29, 1.82) is 0 Å². The van der Waals surface area contributed by atoms with Crippen LogP contribution in [0.5, 0.6) is 0 Å². The zero-order valence-electron chi connectivity index (χ0n) is 11.8. The monoisotopic (exact) mass is 287 g/mol. The van der Waals surface area contributed by atoms with Gasteiger partial charge in [0.2, 0.25) is 0 Å². The van der Waals surface area contributed by atoms with Crippen LogP contribution in [0, 0.1) is 6.92 Å². The summed E-state index contributed by atoms with van der Waals surface area (Å²) in [7, 11) is 0. The van der Waals surface area contributed by atoms with E-state index in [4.69, 9.17) is 5.73 Å². The van der Waals surface area contributed by atoms with Crippen molar-refractivity contribution in [3.63, 3.8) is 0 Å². The molecular weight excluding hydrogens is 266 g/mol. The van der Waals surface area contributed by atoms with E-state index in [0.29, 0.717) is 12.6 Å². The van der Waals surface area contributed by atoms with Crippen LogP contribution >= 0.6 is 11.3 Å². The molecule has 0 radical (unpaired) electrons.